The molecule has 4 aliphatic rings. The second-order valence-electron chi connectivity index (χ2n) is 11.7. The molecule has 4 saturated carbocycles. The van der Waals surface area contributed by atoms with Gasteiger partial charge in [0.1, 0.15) is 5.78 Å². The Bertz CT molecular complexity index is 765. The summed E-state index contributed by atoms with van der Waals surface area (Å²) in [5.74, 6) is 0.374. The van der Waals surface area contributed by atoms with Gasteiger partial charge in [-0.25, -0.2) is 4.39 Å². The van der Waals surface area contributed by atoms with E-state index in [0.717, 1.165) is 32.1 Å². The molecule has 5 heteroatoms. The molecule has 31 heavy (non-hydrogen) atoms. The fourth-order valence-corrected chi connectivity index (χ4v) is 8.99. The number of carboxylic acid groups (broad SMARTS) is 1. The standard InChI is InChI=1S/C26H39FO4/c1-5-15-19-12-21(28)20(27)13-26(19,4)18-10-11-25(3)16(14(2)6-9-22(29)30)7-8-17(25)23(18)24(15)31/h14-20,23H,5-13H2,1-4H3,(H,29,30)/t14?,15-,16-,17+,18+,19+,20-,23+,25-,26-/m1/s1. The van der Waals surface area contributed by atoms with Crippen LogP contribution in [0, 0.1) is 52.3 Å². The molecule has 0 spiro atoms. The number of carbonyl (C=O) groups is 3. The fourth-order valence-electron chi connectivity index (χ4n) is 8.99. The molecule has 4 nitrogen and oxygen atoms in total. The number of alkyl halides is 1. The number of rotatable bonds is 5. The molecule has 0 aromatic carbocycles. The summed E-state index contributed by atoms with van der Waals surface area (Å²) < 4.78 is 14.7. The van der Waals surface area contributed by atoms with E-state index in [9.17, 15) is 18.8 Å². The summed E-state index contributed by atoms with van der Waals surface area (Å²) in [5, 5.41) is 9.13. The van der Waals surface area contributed by atoms with Gasteiger partial charge in [-0.15, -0.1) is 0 Å². The van der Waals surface area contributed by atoms with E-state index < -0.39 is 12.1 Å². The van der Waals surface area contributed by atoms with E-state index >= 15 is 0 Å². The lowest BCUT2D eigenvalue weighted by Crippen LogP contribution is -2.61. The van der Waals surface area contributed by atoms with E-state index in [2.05, 4.69) is 20.8 Å². The molecule has 4 aliphatic carbocycles. The van der Waals surface area contributed by atoms with Gasteiger partial charge in [0.25, 0.3) is 0 Å². The van der Waals surface area contributed by atoms with Gasteiger partial charge < -0.3 is 5.11 Å². The van der Waals surface area contributed by atoms with Crippen LogP contribution in [0.15, 0.2) is 0 Å². The van der Waals surface area contributed by atoms with E-state index in [1.807, 2.05) is 6.92 Å². The minimum absolute atomic E-state index is 0.0122. The van der Waals surface area contributed by atoms with Crippen molar-refractivity contribution < 1.29 is 23.9 Å². The van der Waals surface area contributed by atoms with Gasteiger partial charge >= 0.3 is 5.97 Å². The number of Topliss-reactive ketones (excluding diaryl/α,β-unsaturated/α-hetero) is 2. The van der Waals surface area contributed by atoms with Crippen molar-refractivity contribution in [2.45, 2.75) is 91.7 Å². The molecule has 0 aliphatic heterocycles. The highest BCUT2D eigenvalue weighted by Crippen LogP contribution is 2.68. The van der Waals surface area contributed by atoms with Gasteiger partial charge in [0.2, 0.25) is 0 Å². The average molecular weight is 435 g/mol. The van der Waals surface area contributed by atoms with Gasteiger partial charge in [-0.1, -0.05) is 27.7 Å². The Morgan fingerprint density at radius 3 is 2.45 bits per heavy atom. The first-order chi connectivity index (χ1) is 14.5. The third-order valence-corrected chi connectivity index (χ3v) is 10.5. The predicted molar refractivity (Wildman–Crippen MR) is 116 cm³/mol. The van der Waals surface area contributed by atoms with E-state index in [0.29, 0.717) is 30.0 Å². The zero-order valence-corrected chi connectivity index (χ0v) is 19.5. The quantitative estimate of drug-likeness (QED) is 0.622. The molecule has 0 radical (unpaired) electrons. The van der Waals surface area contributed by atoms with Crippen LogP contribution in [0.2, 0.25) is 0 Å². The Morgan fingerprint density at radius 2 is 1.81 bits per heavy atom. The first kappa shape index (κ1) is 22.9. The molecule has 4 rings (SSSR count). The number of ketones is 2. The minimum Gasteiger partial charge on any atom is -0.481 e. The van der Waals surface area contributed by atoms with Crippen molar-refractivity contribution in [1.29, 1.82) is 0 Å². The van der Waals surface area contributed by atoms with Gasteiger partial charge in [-0.3, -0.25) is 14.4 Å². The number of carbonyl (C=O) groups excluding carboxylic acids is 2. The predicted octanol–water partition coefficient (Wildman–Crippen LogP) is 5.48. The second-order valence-corrected chi connectivity index (χ2v) is 11.7. The van der Waals surface area contributed by atoms with Crippen molar-refractivity contribution in [3.63, 3.8) is 0 Å². The summed E-state index contributed by atoms with van der Waals surface area (Å²) in [5.41, 5.74) is -0.225. The summed E-state index contributed by atoms with van der Waals surface area (Å²) >= 11 is 0. The van der Waals surface area contributed by atoms with Crippen molar-refractivity contribution in [2.24, 2.45) is 52.3 Å². The number of carboxylic acids is 1. The molecule has 0 aromatic rings. The van der Waals surface area contributed by atoms with Crippen molar-refractivity contribution in [2.75, 3.05) is 0 Å². The summed E-state index contributed by atoms with van der Waals surface area (Å²) in [6.07, 6.45) is 4.77. The van der Waals surface area contributed by atoms with Crippen LogP contribution in [-0.4, -0.2) is 28.8 Å². The van der Waals surface area contributed by atoms with Crippen LogP contribution in [0.25, 0.3) is 0 Å². The number of hydrogen-bond donors (Lipinski definition) is 1. The highest BCUT2D eigenvalue weighted by Gasteiger charge is 2.66. The highest BCUT2D eigenvalue weighted by atomic mass is 19.1. The lowest BCUT2D eigenvalue weighted by molar-refractivity contribution is -0.174. The number of halogens is 1. The Balaban J connectivity index is 1.65. The largest absolute Gasteiger partial charge is 0.481 e. The summed E-state index contributed by atoms with van der Waals surface area (Å²) in [6.45, 7) is 8.74. The minimum atomic E-state index is -1.38. The Hall–Kier alpha value is -1.26. The highest BCUT2D eigenvalue weighted by molar-refractivity contribution is 5.89. The van der Waals surface area contributed by atoms with Crippen molar-refractivity contribution in [3.8, 4) is 0 Å². The normalized spacial score (nSPS) is 48.0. The fraction of sp³-hybridized carbons (Fsp3) is 0.885. The molecular formula is C26H39FO4. The summed E-state index contributed by atoms with van der Waals surface area (Å²) in [4.78, 5) is 37.2. The van der Waals surface area contributed by atoms with Crippen LogP contribution in [0.3, 0.4) is 0 Å². The Morgan fingerprint density at radius 1 is 1.13 bits per heavy atom. The Kier molecular flexibility index (Phi) is 5.88. The second kappa shape index (κ2) is 7.95. The average Bonchev–Trinajstić information content (AvgIpc) is 3.06. The van der Waals surface area contributed by atoms with Crippen molar-refractivity contribution in [3.05, 3.63) is 0 Å². The van der Waals surface area contributed by atoms with Gasteiger partial charge in [0, 0.05) is 24.7 Å². The Labute approximate surface area is 185 Å². The van der Waals surface area contributed by atoms with Gasteiger partial charge in [-0.2, -0.15) is 0 Å². The molecular weight excluding hydrogens is 395 g/mol. The molecule has 0 bridgehead atoms. The zero-order chi connectivity index (χ0) is 22.7. The number of fused-ring (bicyclic) bond motifs is 5. The van der Waals surface area contributed by atoms with Crippen molar-refractivity contribution >= 4 is 17.5 Å². The topological polar surface area (TPSA) is 71.4 Å². The first-order valence-corrected chi connectivity index (χ1v) is 12.5. The lowest BCUT2D eigenvalue weighted by Gasteiger charge is -2.61. The third-order valence-electron chi connectivity index (χ3n) is 10.5. The van der Waals surface area contributed by atoms with Crippen LogP contribution in [0.4, 0.5) is 4.39 Å². The lowest BCUT2D eigenvalue weighted by atomic mass is 9.41. The molecule has 0 saturated heterocycles. The van der Waals surface area contributed by atoms with Crippen LogP contribution < -0.4 is 0 Å². The maximum atomic E-state index is 14.7. The van der Waals surface area contributed by atoms with Gasteiger partial charge in [0.05, 0.1) is 0 Å². The zero-order valence-electron chi connectivity index (χ0n) is 19.5. The molecule has 0 heterocycles. The van der Waals surface area contributed by atoms with Crippen LogP contribution in [0.5, 0.6) is 0 Å². The smallest absolute Gasteiger partial charge is 0.303 e. The van der Waals surface area contributed by atoms with Crippen molar-refractivity contribution in [1.82, 2.24) is 0 Å². The summed E-state index contributed by atoms with van der Waals surface area (Å²) in [6, 6.07) is 0. The SMILES string of the molecule is CC[C@H]1C(=O)[C@@H]2[C@H](CC[C@]3(C)[C@@H](C(C)CCC(=O)O)CC[C@@H]23)[C@@]2(C)C[C@@H](F)C(=O)C[C@@H]12. The molecule has 0 amide bonds. The molecule has 0 aromatic heterocycles. The maximum absolute atomic E-state index is 14.7. The molecule has 10 atom stereocenters. The van der Waals surface area contributed by atoms with E-state index in [1.54, 1.807) is 0 Å². The van der Waals surface area contributed by atoms with Crippen LogP contribution in [0.1, 0.15) is 85.5 Å². The monoisotopic (exact) mass is 434 g/mol. The van der Waals surface area contributed by atoms with Gasteiger partial charge in [-0.05, 0) is 85.4 Å². The molecule has 1 unspecified atom stereocenters. The third kappa shape index (κ3) is 3.40. The van der Waals surface area contributed by atoms with E-state index in [1.165, 1.54) is 0 Å². The maximum Gasteiger partial charge on any atom is 0.303 e. The summed E-state index contributed by atoms with van der Waals surface area (Å²) in [7, 11) is 0. The first-order valence-electron chi connectivity index (χ1n) is 12.5. The van der Waals surface area contributed by atoms with E-state index in [4.69, 9.17) is 5.11 Å². The molecule has 4 fully saturated rings. The van der Waals surface area contributed by atoms with Crippen LogP contribution >= 0.6 is 0 Å². The molecule has 1 N–H and O–H groups in total. The van der Waals surface area contributed by atoms with E-state index in [-0.39, 0.29) is 59.5 Å². The number of hydrogen-bond acceptors (Lipinski definition) is 3. The molecule has 174 valence electrons. The van der Waals surface area contributed by atoms with Gasteiger partial charge in [0.15, 0.2) is 12.0 Å². The van der Waals surface area contributed by atoms with Crippen LogP contribution in [-0.2, 0) is 14.4 Å². The number of aliphatic carboxylic acids is 1.